The van der Waals surface area contributed by atoms with E-state index < -0.39 is 17.9 Å². The second-order valence-electron chi connectivity index (χ2n) is 6.74. The Hall–Kier alpha value is -3.46. The third-order valence-corrected chi connectivity index (χ3v) is 5.18. The van der Waals surface area contributed by atoms with Gasteiger partial charge in [-0.2, -0.15) is 5.26 Å². The molecule has 142 valence electrons. The van der Waals surface area contributed by atoms with Gasteiger partial charge in [-0.15, -0.1) is 0 Å². The number of amides is 3. The number of imide groups is 1. The van der Waals surface area contributed by atoms with E-state index >= 15 is 0 Å². The van der Waals surface area contributed by atoms with Crippen molar-refractivity contribution in [2.45, 2.75) is 32.9 Å². The Balaban J connectivity index is 1.84. The molecule has 1 aliphatic rings. The maximum atomic E-state index is 13.2. The number of nitrogens with zero attached hydrogens (tertiary/aromatic N) is 3. The van der Waals surface area contributed by atoms with Crippen LogP contribution in [0.1, 0.15) is 58.7 Å². The number of hydrogen-bond acceptors (Lipinski definition) is 4. The predicted molar refractivity (Wildman–Crippen MR) is 103 cm³/mol. The largest absolute Gasteiger partial charge is 0.334 e. The van der Waals surface area contributed by atoms with Crippen LogP contribution in [0.2, 0.25) is 0 Å². The van der Waals surface area contributed by atoms with E-state index in [4.69, 9.17) is 5.26 Å². The fourth-order valence-corrected chi connectivity index (χ4v) is 3.55. The van der Waals surface area contributed by atoms with E-state index in [1.165, 1.54) is 0 Å². The molecule has 2 atom stereocenters. The summed E-state index contributed by atoms with van der Waals surface area (Å²) < 4.78 is 0. The topological polar surface area (TPSA) is 81.5 Å². The summed E-state index contributed by atoms with van der Waals surface area (Å²) in [6, 6.07) is 14.5. The summed E-state index contributed by atoms with van der Waals surface area (Å²) in [6.07, 6.45) is 0. The zero-order valence-corrected chi connectivity index (χ0v) is 16.0. The normalized spacial score (nSPS) is 15.0. The Morgan fingerprint density at radius 2 is 1.57 bits per heavy atom. The Morgan fingerprint density at radius 3 is 2.04 bits per heavy atom. The molecule has 3 amide bonds. The van der Waals surface area contributed by atoms with E-state index in [-0.39, 0.29) is 11.9 Å². The minimum absolute atomic E-state index is 0.261. The molecule has 0 spiro atoms. The molecule has 0 radical (unpaired) electrons. The van der Waals surface area contributed by atoms with Crippen LogP contribution >= 0.6 is 0 Å². The smallest absolute Gasteiger partial charge is 0.262 e. The summed E-state index contributed by atoms with van der Waals surface area (Å²) in [6.45, 7) is 5.75. The highest BCUT2D eigenvalue weighted by molar-refractivity contribution is 6.22. The summed E-state index contributed by atoms with van der Waals surface area (Å²) in [5, 5.41) is 8.94. The van der Waals surface area contributed by atoms with Gasteiger partial charge in [-0.3, -0.25) is 19.3 Å². The first kappa shape index (κ1) is 19.3. The number of likely N-dealkylation sites (N-methyl/N-ethyl adjacent to an activating group) is 1. The zero-order valence-electron chi connectivity index (χ0n) is 16.0. The fourth-order valence-electron chi connectivity index (χ4n) is 3.55. The summed E-state index contributed by atoms with van der Waals surface area (Å²) >= 11 is 0. The van der Waals surface area contributed by atoms with Gasteiger partial charge in [0.25, 0.3) is 11.8 Å². The van der Waals surface area contributed by atoms with Crippen LogP contribution < -0.4 is 0 Å². The van der Waals surface area contributed by atoms with E-state index in [0.717, 1.165) is 10.5 Å². The van der Waals surface area contributed by atoms with E-state index in [9.17, 15) is 14.4 Å². The molecule has 2 aromatic carbocycles. The Kier molecular flexibility index (Phi) is 5.27. The van der Waals surface area contributed by atoms with Crippen LogP contribution in [-0.2, 0) is 4.79 Å². The molecule has 1 aliphatic heterocycles. The monoisotopic (exact) mass is 375 g/mol. The van der Waals surface area contributed by atoms with Crippen molar-refractivity contribution < 1.29 is 14.4 Å². The third kappa shape index (κ3) is 3.16. The van der Waals surface area contributed by atoms with Crippen LogP contribution in [0.4, 0.5) is 0 Å². The van der Waals surface area contributed by atoms with E-state index in [1.54, 1.807) is 48.2 Å². The molecule has 0 aliphatic carbocycles. The number of benzene rings is 2. The lowest BCUT2D eigenvalue weighted by atomic mass is 10.0. The molecule has 0 bridgehead atoms. The van der Waals surface area contributed by atoms with Crippen molar-refractivity contribution in [3.8, 4) is 6.07 Å². The first-order chi connectivity index (χ1) is 13.4. The van der Waals surface area contributed by atoms with Gasteiger partial charge >= 0.3 is 0 Å². The van der Waals surface area contributed by atoms with E-state index in [2.05, 4.69) is 6.07 Å². The van der Waals surface area contributed by atoms with Crippen LogP contribution in [0.15, 0.2) is 48.5 Å². The summed E-state index contributed by atoms with van der Waals surface area (Å²) in [5.41, 5.74) is 2.08. The number of fused-ring (bicyclic) bond motifs is 1. The number of carbonyl (C=O) groups excluding carboxylic acids is 3. The Labute approximate surface area is 164 Å². The van der Waals surface area contributed by atoms with Gasteiger partial charge in [0.05, 0.1) is 28.8 Å². The molecular formula is C22H21N3O3. The average Bonchev–Trinajstić information content (AvgIpc) is 2.98. The predicted octanol–water partition coefficient (Wildman–Crippen LogP) is 3.15. The van der Waals surface area contributed by atoms with Gasteiger partial charge < -0.3 is 4.90 Å². The minimum atomic E-state index is -0.909. The van der Waals surface area contributed by atoms with Crippen molar-refractivity contribution in [1.29, 1.82) is 5.26 Å². The maximum Gasteiger partial charge on any atom is 0.262 e. The first-order valence-corrected chi connectivity index (χ1v) is 9.18. The second kappa shape index (κ2) is 7.65. The number of rotatable bonds is 5. The molecule has 0 fully saturated rings. The van der Waals surface area contributed by atoms with Crippen LogP contribution in [0.25, 0.3) is 0 Å². The van der Waals surface area contributed by atoms with Gasteiger partial charge in [-0.05, 0) is 50.6 Å². The molecular weight excluding hydrogens is 354 g/mol. The summed E-state index contributed by atoms with van der Waals surface area (Å²) in [4.78, 5) is 41.2. The van der Waals surface area contributed by atoms with Crippen LogP contribution in [0.5, 0.6) is 0 Å². The lowest BCUT2D eigenvalue weighted by Gasteiger charge is -2.33. The molecule has 1 heterocycles. The highest BCUT2D eigenvalue weighted by Crippen LogP contribution is 2.27. The molecule has 0 saturated heterocycles. The van der Waals surface area contributed by atoms with Gasteiger partial charge in [0.15, 0.2) is 0 Å². The quantitative estimate of drug-likeness (QED) is 0.752. The zero-order chi connectivity index (χ0) is 20.4. The van der Waals surface area contributed by atoms with Crippen LogP contribution in [0, 0.1) is 11.3 Å². The van der Waals surface area contributed by atoms with Gasteiger partial charge in [0, 0.05) is 6.54 Å². The lowest BCUT2D eigenvalue weighted by Crippen LogP contribution is -2.50. The van der Waals surface area contributed by atoms with Crippen LogP contribution in [0.3, 0.4) is 0 Å². The SMILES string of the molecule is CCN(C(=O)C(C)N1C(=O)c2ccccc2C1=O)C(C)c1ccc(C#N)cc1. The van der Waals surface area contributed by atoms with Gasteiger partial charge in [-0.25, -0.2) is 0 Å². The molecule has 6 nitrogen and oxygen atoms in total. The summed E-state index contributed by atoms with van der Waals surface area (Å²) in [7, 11) is 0. The van der Waals surface area contributed by atoms with Gasteiger partial charge in [-0.1, -0.05) is 24.3 Å². The first-order valence-electron chi connectivity index (χ1n) is 9.18. The van der Waals surface area contributed by atoms with Crippen LogP contribution in [-0.4, -0.2) is 40.1 Å². The van der Waals surface area contributed by atoms with E-state index in [0.29, 0.717) is 23.2 Å². The summed E-state index contributed by atoms with van der Waals surface area (Å²) in [5.74, 6) is -1.18. The molecule has 2 aromatic rings. The van der Waals surface area contributed by atoms with Crippen molar-refractivity contribution in [3.63, 3.8) is 0 Å². The molecule has 6 heteroatoms. The number of hydrogen-bond donors (Lipinski definition) is 0. The molecule has 0 aromatic heterocycles. The lowest BCUT2D eigenvalue weighted by molar-refractivity contribution is -0.136. The van der Waals surface area contributed by atoms with Crippen molar-refractivity contribution in [3.05, 3.63) is 70.8 Å². The van der Waals surface area contributed by atoms with Crippen molar-refractivity contribution >= 4 is 17.7 Å². The van der Waals surface area contributed by atoms with Crippen molar-refractivity contribution in [2.24, 2.45) is 0 Å². The van der Waals surface area contributed by atoms with Crippen molar-refractivity contribution in [1.82, 2.24) is 9.80 Å². The minimum Gasteiger partial charge on any atom is -0.334 e. The van der Waals surface area contributed by atoms with E-state index in [1.807, 2.05) is 26.0 Å². The fraction of sp³-hybridized carbons (Fsp3) is 0.273. The van der Waals surface area contributed by atoms with Gasteiger partial charge in [0.2, 0.25) is 5.91 Å². The highest BCUT2D eigenvalue weighted by Gasteiger charge is 2.42. The molecule has 0 N–H and O–H groups in total. The Bertz CT molecular complexity index is 940. The molecule has 3 rings (SSSR count). The second-order valence-corrected chi connectivity index (χ2v) is 6.74. The van der Waals surface area contributed by atoms with Crippen molar-refractivity contribution in [2.75, 3.05) is 6.54 Å². The number of carbonyl (C=O) groups is 3. The standard InChI is InChI=1S/C22H21N3O3/c1-4-24(14(2)17-11-9-16(13-23)10-12-17)20(26)15(3)25-21(27)18-7-5-6-8-19(18)22(25)28/h5-12,14-15H,4H2,1-3H3. The maximum absolute atomic E-state index is 13.2. The average molecular weight is 375 g/mol. The van der Waals surface area contributed by atoms with Gasteiger partial charge in [0.1, 0.15) is 6.04 Å². The molecule has 2 unspecified atom stereocenters. The third-order valence-electron chi connectivity index (χ3n) is 5.18. The Morgan fingerprint density at radius 1 is 1.04 bits per heavy atom. The molecule has 0 saturated carbocycles. The molecule has 28 heavy (non-hydrogen) atoms. The highest BCUT2D eigenvalue weighted by atomic mass is 16.2. The number of nitriles is 1.